The van der Waals surface area contributed by atoms with E-state index in [0.29, 0.717) is 10.8 Å². The average molecular weight is 383 g/mol. The lowest BCUT2D eigenvalue weighted by Crippen LogP contribution is -2.44. The van der Waals surface area contributed by atoms with Gasteiger partial charge in [0.25, 0.3) is 0 Å². The van der Waals surface area contributed by atoms with E-state index in [1.54, 1.807) is 14.2 Å². The predicted molar refractivity (Wildman–Crippen MR) is 114 cm³/mol. The molecule has 2 aliphatic rings. The smallest absolute Gasteiger partial charge is 0.0589 e. The van der Waals surface area contributed by atoms with Gasteiger partial charge in [-0.25, -0.2) is 0 Å². The van der Waals surface area contributed by atoms with Gasteiger partial charge in [-0.2, -0.15) is 0 Å². The summed E-state index contributed by atoms with van der Waals surface area (Å²) in [5.74, 6) is 1.72. The van der Waals surface area contributed by atoms with Gasteiger partial charge in [-0.05, 0) is 80.9 Å². The van der Waals surface area contributed by atoms with Crippen molar-refractivity contribution in [2.75, 3.05) is 66.7 Å². The molecule has 0 amide bonds. The molecule has 0 aromatic heterocycles. The van der Waals surface area contributed by atoms with Crippen LogP contribution in [0.5, 0.6) is 0 Å². The Labute approximate surface area is 169 Å². The molecule has 4 nitrogen and oxygen atoms in total. The molecule has 27 heavy (non-hydrogen) atoms. The summed E-state index contributed by atoms with van der Waals surface area (Å²) in [5, 5.41) is 0. The highest BCUT2D eigenvalue weighted by molar-refractivity contribution is 4.92. The van der Waals surface area contributed by atoms with Crippen LogP contribution in [0, 0.1) is 22.7 Å². The monoisotopic (exact) mass is 382 g/mol. The Morgan fingerprint density at radius 2 is 1.00 bits per heavy atom. The van der Waals surface area contributed by atoms with Crippen molar-refractivity contribution in [1.29, 1.82) is 0 Å². The Hall–Kier alpha value is -0.160. The number of nitrogens with zero attached hydrogens (tertiary/aromatic N) is 2. The molecule has 0 aliphatic carbocycles. The van der Waals surface area contributed by atoms with E-state index in [4.69, 9.17) is 9.47 Å². The maximum absolute atomic E-state index is 5.25. The SMILES string of the molecule is COCCN1CCC(C(C)(C)CC(C)(C)C2CCN(CCOC)CC2)CC1. The van der Waals surface area contributed by atoms with E-state index in [-0.39, 0.29) is 0 Å². The van der Waals surface area contributed by atoms with Gasteiger partial charge in [0.1, 0.15) is 0 Å². The number of ether oxygens (including phenoxy) is 2. The first-order chi connectivity index (χ1) is 12.8. The summed E-state index contributed by atoms with van der Waals surface area (Å²) < 4.78 is 10.5. The van der Waals surface area contributed by atoms with Gasteiger partial charge in [0.05, 0.1) is 13.2 Å². The molecule has 0 atom stereocenters. The van der Waals surface area contributed by atoms with Crippen molar-refractivity contribution in [2.45, 2.75) is 59.8 Å². The molecule has 0 unspecified atom stereocenters. The van der Waals surface area contributed by atoms with Crippen LogP contribution in [0.25, 0.3) is 0 Å². The first-order valence-electron chi connectivity index (χ1n) is 11.2. The summed E-state index contributed by atoms with van der Waals surface area (Å²) in [6, 6.07) is 0. The highest BCUT2D eigenvalue weighted by Crippen LogP contribution is 2.48. The Kier molecular flexibility index (Phi) is 9.05. The van der Waals surface area contributed by atoms with Crippen molar-refractivity contribution in [2.24, 2.45) is 22.7 Å². The quantitative estimate of drug-likeness (QED) is 0.567. The molecule has 2 fully saturated rings. The van der Waals surface area contributed by atoms with Gasteiger partial charge in [-0.1, -0.05) is 27.7 Å². The number of rotatable bonds is 10. The molecule has 2 heterocycles. The van der Waals surface area contributed by atoms with Crippen LogP contribution in [0.3, 0.4) is 0 Å². The third-order valence-electron chi connectivity index (χ3n) is 7.52. The normalized spacial score (nSPS) is 22.4. The molecular weight excluding hydrogens is 336 g/mol. The fraction of sp³-hybridized carbons (Fsp3) is 1.00. The van der Waals surface area contributed by atoms with Gasteiger partial charge in [0, 0.05) is 27.3 Å². The third kappa shape index (κ3) is 6.99. The van der Waals surface area contributed by atoms with E-state index in [9.17, 15) is 0 Å². The second-order valence-electron chi connectivity index (χ2n) is 10.4. The second kappa shape index (κ2) is 10.6. The molecule has 0 aromatic rings. The van der Waals surface area contributed by atoms with Crippen LogP contribution >= 0.6 is 0 Å². The van der Waals surface area contributed by atoms with Gasteiger partial charge in [0.15, 0.2) is 0 Å². The van der Waals surface area contributed by atoms with Crippen LogP contribution in [0.2, 0.25) is 0 Å². The van der Waals surface area contributed by atoms with Gasteiger partial charge >= 0.3 is 0 Å². The standard InChI is InChI=1S/C23H46N2O2/c1-22(2,20-7-11-24(12-8-20)15-17-26-5)19-23(3,4)21-9-13-25(14-10-21)16-18-27-6/h20-21H,7-19H2,1-6H3. The van der Waals surface area contributed by atoms with E-state index < -0.39 is 0 Å². The highest BCUT2D eigenvalue weighted by atomic mass is 16.5. The first kappa shape index (κ1) is 23.1. The minimum absolute atomic E-state index is 0.435. The molecule has 0 saturated carbocycles. The fourth-order valence-corrected chi connectivity index (χ4v) is 5.78. The maximum atomic E-state index is 5.25. The van der Waals surface area contributed by atoms with Crippen molar-refractivity contribution in [1.82, 2.24) is 9.80 Å². The van der Waals surface area contributed by atoms with Crippen LogP contribution < -0.4 is 0 Å². The van der Waals surface area contributed by atoms with Crippen molar-refractivity contribution in [3.8, 4) is 0 Å². The fourth-order valence-electron chi connectivity index (χ4n) is 5.78. The van der Waals surface area contributed by atoms with E-state index in [1.807, 2.05) is 0 Å². The Bertz CT molecular complexity index is 371. The van der Waals surface area contributed by atoms with Gasteiger partial charge in [-0.3, -0.25) is 0 Å². The number of hydrogen-bond acceptors (Lipinski definition) is 4. The zero-order chi connectivity index (χ0) is 19.9. The molecule has 160 valence electrons. The molecular formula is C23H46N2O2. The molecule has 0 bridgehead atoms. The van der Waals surface area contributed by atoms with E-state index in [0.717, 1.165) is 38.1 Å². The van der Waals surface area contributed by atoms with Crippen molar-refractivity contribution < 1.29 is 9.47 Å². The van der Waals surface area contributed by atoms with Crippen molar-refractivity contribution in [3.63, 3.8) is 0 Å². The van der Waals surface area contributed by atoms with Crippen LogP contribution in [0.4, 0.5) is 0 Å². The lowest BCUT2D eigenvalue weighted by Gasteiger charge is -2.48. The summed E-state index contributed by atoms with van der Waals surface area (Å²) in [6.45, 7) is 19.1. The molecule has 0 aromatic carbocycles. The number of methoxy groups -OCH3 is 2. The van der Waals surface area contributed by atoms with Crippen molar-refractivity contribution in [3.05, 3.63) is 0 Å². The predicted octanol–water partition coefficient (Wildman–Crippen LogP) is 4.15. The zero-order valence-corrected chi connectivity index (χ0v) is 19.1. The van der Waals surface area contributed by atoms with Crippen LogP contribution in [0.15, 0.2) is 0 Å². The largest absolute Gasteiger partial charge is 0.383 e. The lowest BCUT2D eigenvalue weighted by atomic mass is 9.61. The zero-order valence-electron chi connectivity index (χ0n) is 19.1. The summed E-state index contributed by atoms with van der Waals surface area (Å²) in [6.07, 6.45) is 6.75. The molecule has 0 radical (unpaired) electrons. The molecule has 2 saturated heterocycles. The van der Waals surface area contributed by atoms with Crippen molar-refractivity contribution >= 4 is 0 Å². The van der Waals surface area contributed by atoms with Crippen LogP contribution in [-0.2, 0) is 9.47 Å². The van der Waals surface area contributed by atoms with Gasteiger partial charge in [0.2, 0.25) is 0 Å². The minimum Gasteiger partial charge on any atom is -0.383 e. The van der Waals surface area contributed by atoms with Crippen LogP contribution in [0.1, 0.15) is 59.8 Å². The van der Waals surface area contributed by atoms with E-state index in [2.05, 4.69) is 37.5 Å². The molecule has 2 rings (SSSR count). The Morgan fingerprint density at radius 1 is 0.667 bits per heavy atom. The summed E-state index contributed by atoms with van der Waals surface area (Å²) in [7, 11) is 3.61. The lowest BCUT2D eigenvalue weighted by molar-refractivity contribution is 0.0140. The number of hydrogen-bond donors (Lipinski definition) is 0. The van der Waals surface area contributed by atoms with Crippen LogP contribution in [-0.4, -0.2) is 76.5 Å². The topological polar surface area (TPSA) is 24.9 Å². The summed E-state index contributed by atoms with van der Waals surface area (Å²) in [5.41, 5.74) is 0.869. The van der Waals surface area contributed by atoms with E-state index >= 15 is 0 Å². The van der Waals surface area contributed by atoms with Gasteiger partial charge in [-0.15, -0.1) is 0 Å². The number of likely N-dealkylation sites (tertiary alicyclic amines) is 2. The average Bonchev–Trinajstić information content (AvgIpc) is 2.64. The third-order valence-corrected chi connectivity index (χ3v) is 7.52. The maximum Gasteiger partial charge on any atom is 0.0589 e. The highest BCUT2D eigenvalue weighted by Gasteiger charge is 2.40. The van der Waals surface area contributed by atoms with Gasteiger partial charge < -0.3 is 19.3 Å². The molecule has 0 spiro atoms. The second-order valence-corrected chi connectivity index (χ2v) is 10.4. The minimum atomic E-state index is 0.435. The summed E-state index contributed by atoms with van der Waals surface area (Å²) in [4.78, 5) is 5.16. The molecule has 4 heteroatoms. The summed E-state index contributed by atoms with van der Waals surface area (Å²) >= 11 is 0. The Balaban J connectivity index is 1.81. The number of piperidine rings is 2. The Morgan fingerprint density at radius 3 is 1.30 bits per heavy atom. The molecule has 0 N–H and O–H groups in total. The van der Waals surface area contributed by atoms with E-state index in [1.165, 1.54) is 58.3 Å². The first-order valence-corrected chi connectivity index (χ1v) is 11.2. The molecule has 2 aliphatic heterocycles.